The van der Waals surface area contributed by atoms with E-state index in [1.54, 1.807) is 4.90 Å². The van der Waals surface area contributed by atoms with Gasteiger partial charge in [-0.05, 0) is 23.8 Å². The first-order valence-electron chi connectivity index (χ1n) is 8.91. The van der Waals surface area contributed by atoms with Crippen LogP contribution in [0.5, 0.6) is 0 Å². The van der Waals surface area contributed by atoms with Crippen molar-refractivity contribution >= 4 is 45.3 Å². The Morgan fingerprint density at radius 2 is 2.00 bits per heavy atom. The normalized spacial score (nSPS) is 17.8. The minimum atomic E-state index is -0.506. The first kappa shape index (κ1) is 16.8. The number of nitrogens with zero attached hydrogens (tertiary/aromatic N) is 4. The molecule has 3 aromatic rings. The largest absolute Gasteiger partial charge is 0.361 e. The second kappa shape index (κ2) is 6.66. The lowest BCUT2D eigenvalue weighted by atomic mass is 10.1. The second-order valence-corrected chi connectivity index (χ2v) is 7.51. The number of benzene rings is 2. The molecule has 136 valence electrons. The van der Waals surface area contributed by atoms with Gasteiger partial charge in [-0.1, -0.05) is 42.1 Å². The molecule has 1 aromatic heterocycles. The van der Waals surface area contributed by atoms with E-state index < -0.39 is 6.04 Å². The lowest BCUT2D eigenvalue weighted by Gasteiger charge is -2.25. The summed E-state index contributed by atoms with van der Waals surface area (Å²) in [5.41, 5.74) is 3.73. The Balaban J connectivity index is 1.54. The first-order valence-corrected chi connectivity index (χ1v) is 9.89. The Morgan fingerprint density at radius 3 is 2.89 bits per heavy atom. The van der Waals surface area contributed by atoms with E-state index in [2.05, 4.69) is 16.0 Å². The maximum absolute atomic E-state index is 13.2. The average molecular weight is 385 g/mol. The highest BCUT2D eigenvalue weighted by molar-refractivity contribution is 8.14. The fourth-order valence-corrected chi connectivity index (χ4v) is 4.30. The number of nitrogens with one attached hydrogen (secondary N) is 1. The Kier molecular flexibility index (Phi) is 3.99. The number of aromatic nitrogens is 1. The maximum atomic E-state index is 13.2. The topological polar surface area (TPSA) is 84.6 Å². The summed E-state index contributed by atoms with van der Waals surface area (Å²) in [5, 5.41) is 10.6. The van der Waals surface area contributed by atoms with E-state index >= 15 is 0 Å². The van der Waals surface area contributed by atoms with E-state index in [9.17, 15) is 4.79 Å². The zero-order chi connectivity index (χ0) is 19.1. The summed E-state index contributed by atoms with van der Waals surface area (Å²) in [7, 11) is 0. The van der Waals surface area contributed by atoms with E-state index in [0.717, 1.165) is 27.7 Å². The van der Waals surface area contributed by atoms with Crippen LogP contribution in [0.25, 0.3) is 10.9 Å². The van der Waals surface area contributed by atoms with Crippen molar-refractivity contribution in [1.82, 2.24) is 9.88 Å². The summed E-state index contributed by atoms with van der Waals surface area (Å²) in [6.07, 6.45) is 2.46. The summed E-state index contributed by atoms with van der Waals surface area (Å²) in [4.78, 5) is 27.4. The summed E-state index contributed by atoms with van der Waals surface area (Å²) in [6.45, 7) is 0. The van der Waals surface area contributed by atoms with E-state index in [4.69, 9.17) is 10.3 Å². The fourth-order valence-electron chi connectivity index (χ4n) is 3.64. The molecule has 3 heterocycles. The molecule has 1 atom stereocenters. The average Bonchev–Trinajstić information content (AvgIpc) is 3.28. The quantitative estimate of drug-likeness (QED) is 0.747. The molecule has 0 saturated carbocycles. The van der Waals surface area contributed by atoms with Crippen LogP contribution in [0.1, 0.15) is 11.1 Å². The number of carbonyl (C=O) groups excluding carboxylic acids is 1. The monoisotopic (exact) mass is 385 g/mol. The third kappa shape index (κ3) is 2.62. The van der Waals surface area contributed by atoms with Gasteiger partial charge in [-0.25, -0.2) is 9.89 Å². The number of amides is 1. The number of carbonyl (C=O) groups is 1. The second-order valence-electron chi connectivity index (χ2n) is 6.56. The van der Waals surface area contributed by atoms with E-state index in [-0.39, 0.29) is 11.7 Å². The van der Waals surface area contributed by atoms with Crippen LogP contribution in [0.15, 0.2) is 64.7 Å². The molecule has 7 heteroatoms. The molecule has 0 bridgehead atoms. The zero-order valence-corrected chi connectivity index (χ0v) is 15.6. The molecule has 0 saturated heterocycles. The van der Waals surface area contributed by atoms with Crippen molar-refractivity contribution in [2.24, 2.45) is 9.98 Å². The van der Waals surface area contributed by atoms with Gasteiger partial charge in [0.05, 0.1) is 17.5 Å². The minimum Gasteiger partial charge on any atom is -0.361 e. The van der Waals surface area contributed by atoms with Gasteiger partial charge in [-0.2, -0.15) is 5.26 Å². The number of thioether (sulfide) groups is 1. The number of aliphatic imine (C=N–C) groups is 2. The van der Waals surface area contributed by atoms with Crippen molar-refractivity contribution in [3.63, 3.8) is 0 Å². The van der Waals surface area contributed by atoms with Crippen molar-refractivity contribution < 1.29 is 4.79 Å². The van der Waals surface area contributed by atoms with Gasteiger partial charge < -0.3 is 4.98 Å². The van der Waals surface area contributed by atoms with Gasteiger partial charge in [0, 0.05) is 29.1 Å². The molecule has 0 unspecified atom stereocenters. The molecule has 6 nitrogen and oxygen atoms in total. The van der Waals surface area contributed by atoms with Crippen LogP contribution in [0.3, 0.4) is 0 Å². The van der Waals surface area contributed by atoms with Crippen LogP contribution in [-0.2, 0) is 11.2 Å². The van der Waals surface area contributed by atoms with Gasteiger partial charge in [0.2, 0.25) is 0 Å². The van der Waals surface area contributed by atoms with Crippen molar-refractivity contribution in [3.8, 4) is 6.07 Å². The molecule has 2 aliphatic heterocycles. The number of para-hydroxylation sites is 2. The van der Waals surface area contributed by atoms with Gasteiger partial charge in [0.15, 0.2) is 5.17 Å². The number of hydrogen-bond donors (Lipinski definition) is 1. The molecular formula is C21H15N5OS. The standard InChI is InChI=1S/C21H15N5OS/c22-9-10-28-21-25-17-8-4-2-6-15(17)19-24-18(20(27)26(19)21)11-13-12-23-16-7-3-1-5-14(13)16/h1-8,12,18,23H,10-11H2/t18-/m1/s1. The highest BCUT2D eigenvalue weighted by Gasteiger charge is 2.41. The summed E-state index contributed by atoms with van der Waals surface area (Å²) in [6, 6.07) is 17.3. The van der Waals surface area contributed by atoms with Gasteiger partial charge in [0.1, 0.15) is 11.9 Å². The molecule has 5 rings (SSSR count). The van der Waals surface area contributed by atoms with Crippen molar-refractivity contribution in [2.45, 2.75) is 12.5 Å². The molecule has 28 heavy (non-hydrogen) atoms. The predicted octanol–water partition coefficient (Wildman–Crippen LogP) is 3.63. The number of rotatable bonds is 3. The van der Waals surface area contributed by atoms with Gasteiger partial charge in [-0.3, -0.25) is 9.79 Å². The fraction of sp³-hybridized carbons (Fsp3) is 0.143. The van der Waals surface area contributed by atoms with Crippen LogP contribution in [0, 0.1) is 11.3 Å². The summed E-state index contributed by atoms with van der Waals surface area (Å²) in [5.74, 6) is 0.755. The van der Waals surface area contributed by atoms with Gasteiger partial charge >= 0.3 is 0 Å². The SMILES string of the molecule is N#CCSC1=Nc2ccccc2C2=N[C@H](Cc3c[nH]c4ccccc34)C(=O)N12. The van der Waals surface area contributed by atoms with E-state index in [1.807, 2.05) is 54.7 Å². The number of aromatic amines is 1. The Morgan fingerprint density at radius 1 is 1.18 bits per heavy atom. The number of amidine groups is 2. The van der Waals surface area contributed by atoms with Crippen molar-refractivity contribution in [3.05, 3.63) is 65.9 Å². The lowest BCUT2D eigenvalue weighted by Crippen LogP contribution is -2.41. The van der Waals surface area contributed by atoms with E-state index in [1.165, 1.54) is 11.8 Å². The number of hydrogen-bond acceptors (Lipinski definition) is 5. The number of H-pyrrole nitrogens is 1. The molecule has 0 radical (unpaired) electrons. The van der Waals surface area contributed by atoms with Crippen molar-refractivity contribution in [2.75, 3.05) is 5.75 Å². The predicted molar refractivity (Wildman–Crippen MR) is 111 cm³/mol. The van der Waals surface area contributed by atoms with Gasteiger partial charge in [0.25, 0.3) is 5.91 Å². The Bertz CT molecular complexity index is 1200. The molecule has 2 aliphatic rings. The number of nitriles is 1. The molecule has 1 N–H and O–H groups in total. The molecule has 0 fully saturated rings. The molecular weight excluding hydrogens is 370 g/mol. The lowest BCUT2D eigenvalue weighted by molar-refractivity contribution is -0.124. The highest BCUT2D eigenvalue weighted by Crippen LogP contribution is 2.34. The minimum absolute atomic E-state index is 0.0982. The summed E-state index contributed by atoms with van der Waals surface area (Å²) < 4.78 is 0. The molecule has 0 aliphatic carbocycles. The van der Waals surface area contributed by atoms with Crippen LogP contribution < -0.4 is 0 Å². The van der Waals surface area contributed by atoms with Crippen LogP contribution in [0.2, 0.25) is 0 Å². The highest BCUT2D eigenvalue weighted by atomic mass is 32.2. The molecule has 2 aromatic carbocycles. The Hall–Kier alpha value is -3.37. The third-order valence-electron chi connectivity index (χ3n) is 4.90. The van der Waals surface area contributed by atoms with Crippen LogP contribution in [-0.4, -0.2) is 38.6 Å². The molecule has 1 amide bonds. The van der Waals surface area contributed by atoms with Gasteiger partial charge in [-0.15, -0.1) is 0 Å². The maximum Gasteiger partial charge on any atom is 0.259 e. The third-order valence-corrected chi connectivity index (χ3v) is 5.71. The number of fused-ring (bicyclic) bond motifs is 4. The summed E-state index contributed by atoms with van der Waals surface area (Å²) >= 11 is 1.26. The molecule has 0 spiro atoms. The zero-order valence-electron chi connectivity index (χ0n) is 14.8. The first-order chi connectivity index (χ1) is 13.8. The smallest absolute Gasteiger partial charge is 0.259 e. The Labute approximate surface area is 165 Å². The van der Waals surface area contributed by atoms with Crippen LogP contribution >= 0.6 is 11.8 Å². The van der Waals surface area contributed by atoms with E-state index in [0.29, 0.717) is 17.4 Å². The van der Waals surface area contributed by atoms with Crippen molar-refractivity contribution in [1.29, 1.82) is 5.26 Å². The van der Waals surface area contributed by atoms with Crippen LogP contribution in [0.4, 0.5) is 5.69 Å².